The molecule has 5 nitrogen and oxygen atoms in total. The van der Waals surface area contributed by atoms with Crippen LogP contribution in [0.4, 0.5) is 0 Å². The molecule has 14 heavy (non-hydrogen) atoms. The quantitative estimate of drug-likeness (QED) is 0.733. The molecule has 0 unspecified atom stereocenters. The summed E-state index contributed by atoms with van der Waals surface area (Å²) in [4.78, 5) is 0. The standard InChI is InChI=1S/C9H17N5/c1-8-11-12-9(13(8)2)7-14-6-4-3-5-10-14/h10H,3-7H2,1-2H3. The van der Waals surface area contributed by atoms with Gasteiger partial charge in [-0.05, 0) is 19.8 Å². The first-order chi connectivity index (χ1) is 6.77. The minimum atomic E-state index is 0.845. The van der Waals surface area contributed by atoms with E-state index < -0.39 is 0 Å². The van der Waals surface area contributed by atoms with Gasteiger partial charge in [-0.15, -0.1) is 10.2 Å². The molecule has 1 aromatic rings. The molecule has 5 heteroatoms. The molecule has 0 amide bonds. The van der Waals surface area contributed by atoms with Gasteiger partial charge in [-0.2, -0.15) is 0 Å². The van der Waals surface area contributed by atoms with Crippen LogP contribution in [0.15, 0.2) is 0 Å². The lowest BCUT2D eigenvalue weighted by atomic mass is 10.2. The smallest absolute Gasteiger partial charge is 0.148 e. The number of hydrazine groups is 1. The number of aryl methyl sites for hydroxylation is 1. The van der Waals surface area contributed by atoms with Gasteiger partial charge >= 0.3 is 0 Å². The zero-order valence-electron chi connectivity index (χ0n) is 8.82. The Labute approximate surface area is 84.1 Å². The van der Waals surface area contributed by atoms with E-state index in [1.165, 1.54) is 12.8 Å². The summed E-state index contributed by atoms with van der Waals surface area (Å²) in [5.41, 5.74) is 3.36. The number of aromatic nitrogens is 3. The summed E-state index contributed by atoms with van der Waals surface area (Å²) in [6, 6.07) is 0. The van der Waals surface area contributed by atoms with E-state index in [1.807, 2.05) is 18.5 Å². The minimum absolute atomic E-state index is 0.845. The van der Waals surface area contributed by atoms with Crippen LogP contribution in [-0.2, 0) is 13.6 Å². The third kappa shape index (κ3) is 1.93. The van der Waals surface area contributed by atoms with Crippen LogP contribution in [-0.4, -0.2) is 32.9 Å². The van der Waals surface area contributed by atoms with Crippen LogP contribution < -0.4 is 5.43 Å². The molecule has 0 aromatic carbocycles. The van der Waals surface area contributed by atoms with Crippen LogP contribution in [0.1, 0.15) is 24.5 Å². The topological polar surface area (TPSA) is 46.0 Å². The fraction of sp³-hybridized carbons (Fsp3) is 0.778. The predicted octanol–water partition coefficient (Wildman–Crippen LogP) is 0.224. The summed E-state index contributed by atoms with van der Waals surface area (Å²) in [5.74, 6) is 1.99. The van der Waals surface area contributed by atoms with Gasteiger partial charge in [0.15, 0.2) is 0 Å². The Kier molecular flexibility index (Phi) is 2.79. The van der Waals surface area contributed by atoms with Crippen molar-refractivity contribution in [1.82, 2.24) is 25.2 Å². The monoisotopic (exact) mass is 195 g/mol. The molecule has 0 spiro atoms. The van der Waals surface area contributed by atoms with E-state index in [0.717, 1.165) is 31.3 Å². The van der Waals surface area contributed by atoms with Crippen LogP contribution in [0.2, 0.25) is 0 Å². The molecule has 0 radical (unpaired) electrons. The molecule has 0 bridgehead atoms. The summed E-state index contributed by atoms with van der Waals surface area (Å²) < 4.78 is 2.04. The molecule has 1 aliphatic heterocycles. The molecule has 1 saturated heterocycles. The van der Waals surface area contributed by atoms with Gasteiger partial charge < -0.3 is 4.57 Å². The predicted molar refractivity (Wildman–Crippen MR) is 53.4 cm³/mol. The van der Waals surface area contributed by atoms with E-state index in [2.05, 4.69) is 20.6 Å². The molecule has 78 valence electrons. The Bertz CT molecular complexity index is 300. The van der Waals surface area contributed by atoms with E-state index in [9.17, 15) is 0 Å². The second kappa shape index (κ2) is 4.06. The normalized spacial score (nSPS) is 18.7. The van der Waals surface area contributed by atoms with Crippen molar-refractivity contribution in [3.05, 3.63) is 11.6 Å². The maximum atomic E-state index is 4.14. The van der Waals surface area contributed by atoms with E-state index >= 15 is 0 Å². The van der Waals surface area contributed by atoms with Crippen LogP contribution in [0.3, 0.4) is 0 Å². The summed E-state index contributed by atoms with van der Waals surface area (Å²) in [7, 11) is 2.01. The number of hydrogen-bond donors (Lipinski definition) is 1. The zero-order chi connectivity index (χ0) is 9.97. The molecule has 1 aliphatic rings. The second-order valence-corrected chi connectivity index (χ2v) is 3.76. The Morgan fingerprint density at radius 3 is 2.79 bits per heavy atom. The average molecular weight is 195 g/mol. The molecule has 0 saturated carbocycles. The molecular formula is C9H17N5. The summed E-state index contributed by atoms with van der Waals surface area (Å²) >= 11 is 0. The van der Waals surface area contributed by atoms with Crippen molar-refractivity contribution < 1.29 is 0 Å². The van der Waals surface area contributed by atoms with Crippen LogP contribution in [0, 0.1) is 6.92 Å². The van der Waals surface area contributed by atoms with E-state index in [0.29, 0.717) is 0 Å². The SMILES string of the molecule is Cc1nnc(CN2CCCCN2)n1C. The Morgan fingerprint density at radius 1 is 1.36 bits per heavy atom. The van der Waals surface area contributed by atoms with Gasteiger partial charge in [-0.3, -0.25) is 5.43 Å². The van der Waals surface area contributed by atoms with Crippen molar-refractivity contribution in [1.29, 1.82) is 0 Å². The molecule has 2 rings (SSSR count). The lowest BCUT2D eigenvalue weighted by Gasteiger charge is -2.26. The molecule has 0 atom stereocenters. The lowest BCUT2D eigenvalue weighted by molar-refractivity contribution is 0.139. The lowest BCUT2D eigenvalue weighted by Crippen LogP contribution is -2.42. The van der Waals surface area contributed by atoms with E-state index in [1.54, 1.807) is 0 Å². The molecule has 1 N–H and O–H groups in total. The van der Waals surface area contributed by atoms with Crippen LogP contribution in [0.25, 0.3) is 0 Å². The van der Waals surface area contributed by atoms with Crippen molar-refractivity contribution in [3.63, 3.8) is 0 Å². The van der Waals surface area contributed by atoms with Gasteiger partial charge in [-0.1, -0.05) is 0 Å². The highest BCUT2D eigenvalue weighted by molar-refractivity contribution is 4.92. The summed E-state index contributed by atoms with van der Waals surface area (Å²) in [6.45, 7) is 5.00. The molecular weight excluding hydrogens is 178 g/mol. The maximum absolute atomic E-state index is 4.14. The van der Waals surface area contributed by atoms with Crippen molar-refractivity contribution in [2.75, 3.05) is 13.1 Å². The van der Waals surface area contributed by atoms with Crippen LogP contribution in [0.5, 0.6) is 0 Å². The fourth-order valence-corrected chi connectivity index (χ4v) is 1.64. The molecule has 1 aromatic heterocycles. The van der Waals surface area contributed by atoms with Gasteiger partial charge in [0.1, 0.15) is 11.6 Å². The van der Waals surface area contributed by atoms with Gasteiger partial charge in [0.05, 0.1) is 6.54 Å². The summed E-state index contributed by atoms with van der Waals surface area (Å²) in [5, 5.41) is 10.4. The first-order valence-corrected chi connectivity index (χ1v) is 5.10. The zero-order valence-corrected chi connectivity index (χ0v) is 8.82. The minimum Gasteiger partial charge on any atom is -0.317 e. The highest BCUT2D eigenvalue weighted by Crippen LogP contribution is 2.05. The van der Waals surface area contributed by atoms with Crippen LogP contribution >= 0.6 is 0 Å². The fourth-order valence-electron chi connectivity index (χ4n) is 1.64. The first-order valence-electron chi connectivity index (χ1n) is 5.10. The third-order valence-corrected chi connectivity index (χ3v) is 2.71. The summed E-state index contributed by atoms with van der Waals surface area (Å²) in [6.07, 6.45) is 2.54. The van der Waals surface area contributed by atoms with Crippen molar-refractivity contribution in [3.8, 4) is 0 Å². The Balaban J connectivity index is 1.99. The second-order valence-electron chi connectivity index (χ2n) is 3.76. The van der Waals surface area contributed by atoms with Crippen molar-refractivity contribution in [2.45, 2.75) is 26.3 Å². The molecule has 1 fully saturated rings. The Hall–Kier alpha value is -0.940. The van der Waals surface area contributed by atoms with Gasteiger partial charge in [0.2, 0.25) is 0 Å². The number of nitrogens with zero attached hydrogens (tertiary/aromatic N) is 4. The molecule has 0 aliphatic carbocycles. The number of nitrogens with one attached hydrogen (secondary N) is 1. The van der Waals surface area contributed by atoms with E-state index in [-0.39, 0.29) is 0 Å². The number of rotatable bonds is 2. The molecule has 2 heterocycles. The van der Waals surface area contributed by atoms with Gasteiger partial charge in [0, 0.05) is 20.1 Å². The third-order valence-electron chi connectivity index (χ3n) is 2.71. The van der Waals surface area contributed by atoms with E-state index in [4.69, 9.17) is 0 Å². The average Bonchev–Trinajstić information content (AvgIpc) is 2.52. The van der Waals surface area contributed by atoms with Gasteiger partial charge in [-0.25, -0.2) is 5.01 Å². The van der Waals surface area contributed by atoms with Crippen molar-refractivity contribution >= 4 is 0 Å². The largest absolute Gasteiger partial charge is 0.317 e. The first kappa shape index (κ1) is 9.61. The highest BCUT2D eigenvalue weighted by atomic mass is 15.5. The highest BCUT2D eigenvalue weighted by Gasteiger charge is 2.13. The number of hydrogen-bond acceptors (Lipinski definition) is 4. The Morgan fingerprint density at radius 2 is 2.21 bits per heavy atom. The van der Waals surface area contributed by atoms with Crippen molar-refractivity contribution in [2.24, 2.45) is 7.05 Å². The van der Waals surface area contributed by atoms with Gasteiger partial charge in [0.25, 0.3) is 0 Å². The maximum Gasteiger partial charge on any atom is 0.148 e.